The van der Waals surface area contributed by atoms with Crippen molar-refractivity contribution >= 4 is 33.8 Å². The molecule has 4 rings (SSSR count). The molecule has 0 radical (unpaired) electrons. The first-order valence-electron chi connectivity index (χ1n) is 12.9. The van der Waals surface area contributed by atoms with Crippen molar-refractivity contribution in [2.75, 3.05) is 19.8 Å². The van der Waals surface area contributed by atoms with Crippen LogP contribution in [0, 0.1) is 12.8 Å². The molecule has 0 amide bonds. The first-order chi connectivity index (χ1) is 18.0. The van der Waals surface area contributed by atoms with Gasteiger partial charge in [-0.05, 0) is 86.3 Å². The number of benzene rings is 3. The fourth-order valence-corrected chi connectivity index (χ4v) is 4.24. The van der Waals surface area contributed by atoms with Gasteiger partial charge in [-0.15, -0.1) is 0 Å². The number of carbonyl (C=O) groups excluding carboxylic acids is 2. The minimum Gasteiger partial charge on any atom is -0.494 e. The lowest BCUT2D eigenvalue weighted by atomic mass is 10.0. The largest absolute Gasteiger partial charge is 0.494 e. The fourth-order valence-electron chi connectivity index (χ4n) is 4.24. The van der Waals surface area contributed by atoms with E-state index in [9.17, 15) is 9.59 Å². The van der Waals surface area contributed by atoms with Crippen LogP contribution in [0.1, 0.15) is 45.1 Å². The Kier molecular flexibility index (Phi) is 8.77. The van der Waals surface area contributed by atoms with Gasteiger partial charge in [0, 0.05) is 5.56 Å². The molecule has 0 aliphatic rings. The predicted octanol–water partition coefficient (Wildman–Crippen LogP) is 6.64. The van der Waals surface area contributed by atoms with E-state index >= 15 is 0 Å². The van der Waals surface area contributed by atoms with Crippen molar-refractivity contribution in [1.29, 1.82) is 0 Å². The predicted molar refractivity (Wildman–Crippen MR) is 142 cm³/mol. The molecule has 1 heterocycles. The normalized spacial score (nSPS) is 11.2. The van der Waals surface area contributed by atoms with Crippen molar-refractivity contribution in [3.8, 4) is 17.2 Å². The van der Waals surface area contributed by atoms with Crippen molar-refractivity contribution < 1.29 is 28.2 Å². The molecule has 194 valence electrons. The van der Waals surface area contributed by atoms with Gasteiger partial charge in [0.1, 0.15) is 11.3 Å². The van der Waals surface area contributed by atoms with Gasteiger partial charge in [-0.2, -0.15) is 0 Å². The maximum atomic E-state index is 12.1. The second-order valence-corrected chi connectivity index (χ2v) is 8.97. The number of hydrogen-bond donors (Lipinski definition) is 0. The molecule has 0 bridgehead atoms. The number of rotatable bonds is 12. The molecule has 37 heavy (non-hydrogen) atoms. The maximum absolute atomic E-state index is 12.1. The Bertz CT molecular complexity index is 1360. The SMILES string of the molecule is CCOC(=O)C(CCCCCOc1ccc2cc(-c3nc4ccc(C)cc4o3)ccc2c1)C(=O)OCC. The van der Waals surface area contributed by atoms with Crippen LogP contribution in [-0.2, 0) is 19.1 Å². The summed E-state index contributed by atoms with van der Waals surface area (Å²) >= 11 is 0. The van der Waals surface area contributed by atoms with Crippen molar-refractivity contribution in [1.82, 2.24) is 4.98 Å². The lowest BCUT2D eigenvalue weighted by molar-refractivity contribution is -0.161. The number of aromatic nitrogens is 1. The van der Waals surface area contributed by atoms with Crippen LogP contribution in [0.4, 0.5) is 0 Å². The topological polar surface area (TPSA) is 87.9 Å². The highest BCUT2D eigenvalue weighted by atomic mass is 16.6. The van der Waals surface area contributed by atoms with Crippen LogP contribution < -0.4 is 4.74 Å². The van der Waals surface area contributed by atoms with E-state index < -0.39 is 17.9 Å². The zero-order valence-corrected chi connectivity index (χ0v) is 21.6. The number of oxazole rings is 1. The number of esters is 2. The Hall–Kier alpha value is -3.87. The molecule has 1 aromatic heterocycles. The highest BCUT2D eigenvalue weighted by Crippen LogP contribution is 2.29. The van der Waals surface area contributed by atoms with Crippen LogP contribution >= 0.6 is 0 Å². The van der Waals surface area contributed by atoms with Crippen molar-refractivity contribution in [2.45, 2.75) is 46.5 Å². The molecule has 0 aliphatic heterocycles. The molecule has 0 N–H and O–H groups in total. The summed E-state index contributed by atoms with van der Waals surface area (Å²) in [6.07, 6.45) is 2.76. The van der Waals surface area contributed by atoms with Crippen molar-refractivity contribution in [3.63, 3.8) is 0 Å². The number of carbonyl (C=O) groups is 2. The van der Waals surface area contributed by atoms with Crippen LogP contribution in [0.3, 0.4) is 0 Å². The monoisotopic (exact) mass is 503 g/mol. The summed E-state index contributed by atoms with van der Waals surface area (Å²) < 4.78 is 22.0. The van der Waals surface area contributed by atoms with E-state index in [4.69, 9.17) is 18.6 Å². The Morgan fingerprint density at radius 2 is 1.59 bits per heavy atom. The molecule has 0 saturated heterocycles. The van der Waals surface area contributed by atoms with Crippen molar-refractivity contribution in [3.05, 3.63) is 60.2 Å². The van der Waals surface area contributed by atoms with Gasteiger partial charge >= 0.3 is 11.9 Å². The quantitative estimate of drug-likeness (QED) is 0.122. The second kappa shape index (κ2) is 12.4. The number of unbranched alkanes of at least 4 members (excludes halogenated alkanes) is 2. The third-order valence-corrected chi connectivity index (χ3v) is 6.15. The summed E-state index contributed by atoms with van der Waals surface area (Å²) in [5.74, 6) is -0.472. The molecule has 0 fully saturated rings. The average molecular weight is 504 g/mol. The van der Waals surface area contributed by atoms with Gasteiger partial charge in [0.2, 0.25) is 5.89 Å². The summed E-state index contributed by atoms with van der Waals surface area (Å²) in [5, 5.41) is 2.15. The molecule has 7 nitrogen and oxygen atoms in total. The van der Waals surface area contributed by atoms with Crippen molar-refractivity contribution in [2.24, 2.45) is 5.92 Å². The van der Waals surface area contributed by atoms with Gasteiger partial charge in [0.05, 0.1) is 19.8 Å². The summed E-state index contributed by atoms with van der Waals surface area (Å²) in [6, 6.07) is 18.1. The molecule has 0 saturated carbocycles. The third kappa shape index (κ3) is 6.67. The number of aryl methyl sites for hydroxylation is 1. The lowest BCUT2D eigenvalue weighted by Crippen LogP contribution is -2.28. The van der Waals surface area contributed by atoms with Crippen LogP contribution in [0.2, 0.25) is 0 Å². The van der Waals surface area contributed by atoms with E-state index in [1.54, 1.807) is 13.8 Å². The summed E-state index contributed by atoms with van der Waals surface area (Å²) in [6.45, 7) is 6.52. The average Bonchev–Trinajstić information content (AvgIpc) is 3.31. The zero-order chi connectivity index (χ0) is 26.2. The van der Waals surface area contributed by atoms with Crippen LogP contribution in [0.5, 0.6) is 5.75 Å². The first-order valence-corrected chi connectivity index (χ1v) is 12.9. The number of ether oxygens (including phenoxy) is 3. The first kappa shape index (κ1) is 26.2. The van der Waals surface area contributed by atoms with E-state index in [-0.39, 0.29) is 13.2 Å². The number of hydrogen-bond acceptors (Lipinski definition) is 7. The van der Waals surface area contributed by atoms with E-state index in [0.29, 0.717) is 25.3 Å². The van der Waals surface area contributed by atoms with E-state index in [2.05, 4.69) is 11.1 Å². The molecular formula is C30H33NO6. The van der Waals surface area contributed by atoms with Crippen LogP contribution in [0.25, 0.3) is 33.3 Å². The zero-order valence-electron chi connectivity index (χ0n) is 21.6. The van der Waals surface area contributed by atoms with E-state index in [0.717, 1.165) is 51.6 Å². The Labute approximate surface area is 216 Å². The molecule has 4 aromatic rings. The highest BCUT2D eigenvalue weighted by molar-refractivity contribution is 5.94. The summed E-state index contributed by atoms with van der Waals surface area (Å²) in [7, 11) is 0. The molecule has 0 aliphatic carbocycles. The van der Waals surface area contributed by atoms with Crippen LogP contribution in [-0.4, -0.2) is 36.7 Å². The molecule has 0 spiro atoms. The van der Waals surface area contributed by atoms with Gasteiger partial charge in [0.25, 0.3) is 0 Å². The molecule has 3 aromatic carbocycles. The van der Waals surface area contributed by atoms with Gasteiger partial charge < -0.3 is 18.6 Å². The Morgan fingerprint density at radius 3 is 2.35 bits per heavy atom. The minimum atomic E-state index is -0.856. The van der Waals surface area contributed by atoms with Gasteiger partial charge in [-0.3, -0.25) is 9.59 Å². The maximum Gasteiger partial charge on any atom is 0.320 e. The number of nitrogens with zero attached hydrogens (tertiary/aromatic N) is 1. The fraction of sp³-hybridized carbons (Fsp3) is 0.367. The second-order valence-electron chi connectivity index (χ2n) is 8.97. The van der Waals surface area contributed by atoms with E-state index in [1.807, 2.05) is 55.5 Å². The minimum absolute atomic E-state index is 0.242. The standard InChI is InChI=1S/C30H33NO6/c1-4-34-29(32)25(30(33)35-5-2)9-7-6-8-16-36-24-14-13-21-18-23(12-11-22(21)19-24)28-31-26-15-10-20(3)17-27(26)37-28/h10-15,17-19,25H,4-9,16H2,1-3H3. The summed E-state index contributed by atoms with van der Waals surface area (Å²) in [4.78, 5) is 28.8. The molecule has 0 unspecified atom stereocenters. The smallest absolute Gasteiger partial charge is 0.320 e. The van der Waals surface area contributed by atoms with Gasteiger partial charge in [0.15, 0.2) is 11.5 Å². The molecular weight excluding hydrogens is 470 g/mol. The van der Waals surface area contributed by atoms with E-state index in [1.165, 1.54) is 0 Å². The third-order valence-electron chi connectivity index (χ3n) is 6.15. The Balaban J connectivity index is 1.29. The lowest BCUT2D eigenvalue weighted by Gasteiger charge is -2.14. The molecule has 0 atom stereocenters. The molecule has 7 heteroatoms. The summed E-state index contributed by atoms with van der Waals surface area (Å²) in [5.41, 5.74) is 3.70. The Morgan fingerprint density at radius 1 is 0.865 bits per heavy atom. The van der Waals surface area contributed by atoms with Crippen LogP contribution in [0.15, 0.2) is 59.0 Å². The number of fused-ring (bicyclic) bond motifs is 2. The van der Waals surface area contributed by atoms with Gasteiger partial charge in [-0.25, -0.2) is 4.98 Å². The highest BCUT2D eigenvalue weighted by Gasteiger charge is 2.28. The van der Waals surface area contributed by atoms with Gasteiger partial charge in [-0.1, -0.05) is 31.0 Å².